The maximum absolute atomic E-state index is 11.0. The summed E-state index contributed by atoms with van der Waals surface area (Å²) in [5.41, 5.74) is -1.16. The highest BCUT2D eigenvalue weighted by Crippen LogP contribution is 2.39. The normalized spacial score (nSPS) is 32.5. The number of aliphatic hydroxyl groups excluding tert-OH is 1. The lowest BCUT2D eigenvalue weighted by Crippen LogP contribution is -2.38. The van der Waals surface area contributed by atoms with E-state index < -0.39 is 23.5 Å². The van der Waals surface area contributed by atoms with Gasteiger partial charge in [-0.1, -0.05) is 0 Å². The molecule has 1 saturated carbocycles. The lowest BCUT2D eigenvalue weighted by molar-refractivity contribution is -0.159. The van der Waals surface area contributed by atoms with Crippen LogP contribution in [0.2, 0.25) is 0 Å². The lowest BCUT2D eigenvalue weighted by atomic mass is 9.71. The predicted octanol–water partition coefficient (Wildman–Crippen LogP) is 0.467. The molecule has 0 heterocycles. The van der Waals surface area contributed by atoms with E-state index in [9.17, 15) is 14.7 Å². The van der Waals surface area contributed by atoms with Crippen LogP contribution in [0.25, 0.3) is 0 Å². The summed E-state index contributed by atoms with van der Waals surface area (Å²) in [5.74, 6) is -2.16. The quantitative estimate of drug-likeness (QED) is 0.618. The second kappa shape index (κ2) is 3.96. The fourth-order valence-electron chi connectivity index (χ4n) is 1.91. The highest BCUT2D eigenvalue weighted by atomic mass is 16.4. The first kappa shape index (κ1) is 11.0. The number of hydrogen-bond donors (Lipinski definition) is 3. The number of hydrogen-bond acceptors (Lipinski definition) is 3. The molecule has 0 aliphatic heterocycles. The Morgan fingerprint density at radius 3 is 2.07 bits per heavy atom. The zero-order valence-corrected chi connectivity index (χ0v) is 7.77. The van der Waals surface area contributed by atoms with Crippen LogP contribution in [0.1, 0.15) is 32.1 Å². The third-order valence-electron chi connectivity index (χ3n) is 2.86. The van der Waals surface area contributed by atoms with Crippen LogP contribution in [0.4, 0.5) is 0 Å². The number of carbonyl (C=O) groups is 2. The summed E-state index contributed by atoms with van der Waals surface area (Å²) >= 11 is 0. The number of aliphatic carboxylic acids is 2. The SMILES string of the molecule is O=C(O)CC1(C(=O)O)CCC(O)CC1. The fraction of sp³-hybridized carbons (Fsp3) is 0.778. The van der Waals surface area contributed by atoms with Crippen molar-refractivity contribution >= 4 is 11.9 Å². The van der Waals surface area contributed by atoms with Crippen LogP contribution in [0, 0.1) is 5.41 Å². The van der Waals surface area contributed by atoms with Crippen LogP contribution >= 0.6 is 0 Å². The van der Waals surface area contributed by atoms with Gasteiger partial charge in [0.05, 0.1) is 17.9 Å². The molecule has 0 saturated heterocycles. The topological polar surface area (TPSA) is 94.8 Å². The van der Waals surface area contributed by atoms with E-state index in [-0.39, 0.29) is 19.3 Å². The minimum absolute atomic E-state index is 0.246. The second-order valence-corrected chi connectivity index (χ2v) is 3.89. The first-order valence-corrected chi connectivity index (χ1v) is 4.59. The summed E-state index contributed by atoms with van der Waals surface area (Å²) in [4.78, 5) is 21.5. The van der Waals surface area contributed by atoms with Crippen molar-refractivity contribution in [1.29, 1.82) is 0 Å². The molecule has 0 aromatic carbocycles. The van der Waals surface area contributed by atoms with Gasteiger partial charge in [-0.15, -0.1) is 0 Å². The van der Waals surface area contributed by atoms with Crippen LogP contribution < -0.4 is 0 Å². The van der Waals surface area contributed by atoms with Gasteiger partial charge in [0.25, 0.3) is 0 Å². The van der Waals surface area contributed by atoms with E-state index in [1.807, 2.05) is 0 Å². The van der Waals surface area contributed by atoms with E-state index >= 15 is 0 Å². The summed E-state index contributed by atoms with van der Waals surface area (Å²) in [6.45, 7) is 0. The summed E-state index contributed by atoms with van der Waals surface area (Å²) < 4.78 is 0. The Labute approximate surface area is 81.4 Å². The molecule has 0 atom stereocenters. The average Bonchev–Trinajstić information content (AvgIpc) is 2.08. The molecular formula is C9H14O5. The third-order valence-corrected chi connectivity index (χ3v) is 2.86. The summed E-state index contributed by atoms with van der Waals surface area (Å²) in [7, 11) is 0. The molecule has 14 heavy (non-hydrogen) atoms. The molecule has 0 unspecified atom stereocenters. The van der Waals surface area contributed by atoms with Gasteiger partial charge in [0, 0.05) is 0 Å². The van der Waals surface area contributed by atoms with Gasteiger partial charge in [-0.3, -0.25) is 9.59 Å². The van der Waals surface area contributed by atoms with E-state index in [1.54, 1.807) is 0 Å². The molecule has 0 spiro atoms. The zero-order chi connectivity index (χ0) is 10.8. The summed E-state index contributed by atoms with van der Waals surface area (Å²) in [6.07, 6.45) is 0.413. The number of carboxylic acid groups (broad SMARTS) is 2. The maximum Gasteiger partial charge on any atom is 0.310 e. The Bertz CT molecular complexity index is 240. The van der Waals surface area contributed by atoms with Gasteiger partial charge < -0.3 is 15.3 Å². The third kappa shape index (κ3) is 2.23. The van der Waals surface area contributed by atoms with E-state index in [4.69, 9.17) is 10.2 Å². The molecule has 80 valence electrons. The molecule has 0 amide bonds. The first-order chi connectivity index (χ1) is 6.46. The highest BCUT2D eigenvalue weighted by Gasteiger charge is 2.43. The Balaban J connectivity index is 2.73. The van der Waals surface area contributed by atoms with Gasteiger partial charge in [0.15, 0.2) is 0 Å². The van der Waals surface area contributed by atoms with Crippen molar-refractivity contribution in [2.75, 3.05) is 0 Å². The molecular weight excluding hydrogens is 188 g/mol. The van der Waals surface area contributed by atoms with Crippen molar-refractivity contribution in [1.82, 2.24) is 0 Å². The van der Waals surface area contributed by atoms with Crippen LogP contribution in [0.15, 0.2) is 0 Å². The average molecular weight is 202 g/mol. The minimum Gasteiger partial charge on any atom is -0.481 e. The van der Waals surface area contributed by atoms with E-state index in [1.165, 1.54) is 0 Å². The monoisotopic (exact) mass is 202 g/mol. The van der Waals surface area contributed by atoms with Crippen molar-refractivity contribution in [2.45, 2.75) is 38.2 Å². The molecule has 1 fully saturated rings. The number of aliphatic hydroxyl groups is 1. The lowest BCUT2D eigenvalue weighted by Gasteiger charge is -2.33. The summed E-state index contributed by atoms with van der Waals surface area (Å²) in [5, 5.41) is 26.8. The molecule has 0 bridgehead atoms. The van der Waals surface area contributed by atoms with Crippen LogP contribution in [0.5, 0.6) is 0 Å². The molecule has 5 nitrogen and oxygen atoms in total. The molecule has 0 aromatic heterocycles. The molecule has 0 aromatic rings. The largest absolute Gasteiger partial charge is 0.481 e. The minimum atomic E-state index is -1.16. The standard InChI is InChI=1S/C9H14O5/c10-6-1-3-9(4-2-6,8(13)14)5-7(11)12/h6,10H,1-5H2,(H,11,12)(H,13,14). The Kier molecular flexibility index (Phi) is 3.10. The first-order valence-electron chi connectivity index (χ1n) is 4.59. The second-order valence-electron chi connectivity index (χ2n) is 3.89. The van der Waals surface area contributed by atoms with E-state index in [2.05, 4.69) is 0 Å². The molecule has 5 heteroatoms. The Morgan fingerprint density at radius 1 is 1.21 bits per heavy atom. The van der Waals surface area contributed by atoms with Gasteiger partial charge in [0.2, 0.25) is 0 Å². The van der Waals surface area contributed by atoms with Gasteiger partial charge >= 0.3 is 11.9 Å². The van der Waals surface area contributed by atoms with Gasteiger partial charge in [0.1, 0.15) is 0 Å². The molecule has 1 aliphatic rings. The Morgan fingerprint density at radius 2 is 1.71 bits per heavy atom. The van der Waals surface area contributed by atoms with E-state index in [0.29, 0.717) is 12.8 Å². The van der Waals surface area contributed by atoms with Crippen LogP contribution in [-0.2, 0) is 9.59 Å². The van der Waals surface area contributed by atoms with Crippen molar-refractivity contribution in [3.8, 4) is 0 Å². The molecule has 3 N–H and O–H groups in total. The molecule has 1 rings (SSSR count). The Hall–Kier alpha value is -1.10. The summed E-state index contributed by atoms with van der Waals surface area (Å²) in [6, 6.07) is 0. The molecule has 0 radical (unpaired) electrons. The van der Waals surface area contributed by atoms with Crippen molar-refractivity contribution < 1.29 is 24.9 Å². The van der Waals surface area contributed by atoms with Crippen LogP contribution in [-0.4, -0.2) is 33.4 Å². The smallest absolute Gasteiger partial charge is 0.310 e. The molecule has 1 aliphatic carbocycles. The van der Waals surface area contributed by atoms with E-state index in [0.717, 1.165) is 0 Å². The predicted molar refractivity (Wildman–Crippen MR) is 46.8 cm³/mol. The van der Waals surface area contributed by atoms with Crippen molar-refractivity contribution in [3.05, 3.63) is 0 Å². The fourth-order valence-corrected chi connectivity index (χ4v) is 1.91. The van der Waals surface area contributed by atoms with Gasteiger partial charge in [-0.2, -0.15) is 0 Å². The van der Waals surface area contributed by atoms with Gasteiger partial charge in [-0.25, -0.2) is 0 Å². The van der Waals surface area contributed by atoms with Gasteiger partial charge in [-0.05, 0) is 25.7 Å². The van der Waals surface area contributed by atoms with Crippen LogP contribution in [0.3, 0.4) is 0 Å². The maximum atomic E-state index is 11.0. The van der Waals surface area contributed by atoms with Crippen molar-refractivity contribution in [2.24, 2.45) is 5.41 Å². The van der Waals surface area contributed by atoms with Crippen molar-refractivity contribution in [3.63, 3.8) is 0 Å². The number of rotatable bonds is 3. The highest BCUT2D eigenvalue weighted by molar-refractivity contribution is 5.81. The number of carboxylic acids is 2. The zero-order valence-electron chi connectivity index (χ0n) is 7.77.